The summed E-state index contributed by atoms with van der Waals surface area (Å²) in [4.78, 5) is 43.2. The second kappa shape index (κ2) is 10.5. The first-order valence-electron chi connectivity index (χ1n) is 10.8. The number of nitrogens with zero attached hydrogens (tertiary/aromatic N) is 3. The van der Waals surface area contributed by atoms with E-state index in [4.69, 9.17) is 9.90 Å². The maximum absolute atomic E-state index is 12.8. The lowest BCUT2D eigenvalue weighted by atomic mass is 9.77. The Balaban J connectivity index is 0.000000406. The Kier molecular flexibility index (Phi) is 7.96. The highest BCUT2D eigenvalue weighted by molar-refractivity contribution is 7.12. The molecule has 2 aromatic heterocycles. The first-order valence-corrected chi connectivity index (χ1v) is 11.7. The van der Waals surface area contributed by atoms with Crippen LogP contribution in [0, 0.1) is 12.3 Å². The van der Waals surface area contributed by atoms with Gasteiger partial charge in [-0.15, -0.1) is 11.3 Å². The number of carboxylic acid groups (broad SMARTS) is 1. The van der Waals surface area contributed by atoms with Crippen LogP contribution in [0.5, 0.6) is 0 Å². The molecule has 7 nitrogen and oxygen atoms in total. The fraction of sp³-hybridized carbons (Fsp3) is 0.478. The van der Waals surface area contributed by atoms with E-state index in [1.807, 2.05) is 40.3 Å². The van der Waals surface area contributed by atoms with Crippen molar-refractivity contribution in [3.63, 3.8) is 0 Å². The van der Waals surface area contributed by atoms with E-state index in [9.17, 15) is 22.8 Å². The van der Waals surface area contributed by atoms with Gasteiger partial charge in [0.1, 0.15) is 0 Å². The van der Waals surface area contributed by atoms with E-state index in [0.717, 1.165) is 61.4 Å². The number of pyridine rings is 1. The van der Waals surface area contributed by atoms with Gasteiger partial charge < -0.3 is 14.9 Å². The maximum Gasteiger partial charge on any atom is 0.490 e. The monoisotopic (exact) mass is 497 g/mol. The molecule has 11 heteroatoms. The van der Waals surface area contributed by atoms with Crippen LogP contribution in [0.1, 0.15) is 40.1 Å². The van der Waals surface area contributed by atoms with Crippen molar-refractivity contribution in [1.29, 1.82) is 0 Å². The Morgan fingerprint density at radius 3 is 2.24 bits per heavy atom. The number of hydrogen-bond acceptors (Lipinski definition) is 5. The van der Waals surface area contributed by atoms with Gasteiger partial charge in [-0.25, -0.2) is 4.79 Å². The number of amides is 2. The molecule has 2 amide bonds. The van der Waals surface area contributed by atoms with Gasteiger partial charge in [0.05, 0.1) is 11.3 Å². The molecule has 0 saturated carbocycles. The summed E-state index contributed by atoms with van der Waals surface area (Å²) in [6.45, 7) is 5.24. The van der Waals surface area contributed by atoms with Gasteiger partial charge in [0.25, 0.3) is 5.91 Å². The largest absolute Gasteiger partial charge is 0.490 e. The van der Waals surface area contributed by atoms with E-state index >= 15 is 0 Å². The SMILES string of the molecule is Cc1ccsc1C(=O)N1CCC2(CCN(C(=O)Cc3cccnc3)CC2)C1.O=C(O)C(F)(F)F. The third-order valence-corrected chi connectivity index (χ3v) is 7.28. The number of likely N-dealkylation sites (tertiary alicyclic amines) is 2. The summed E-state index contributed by atoms with van der Waals surface area (Å²) < 4.78 is 31.7. The third-order valence-electron chi connectivity index (χ3n) is 6.28. The number of hydrogen-bond donors (Lipinski definition) is 1. The minimum Gasteiger partial charge on any atom is -0.475 e. The van der Waals surface area contributed by atoms with Crippen LogP contribution in [0.4, 0.5) is 13.2 Å². The van der Waals surface area contributed by atoms with Gasteiger partial charge in [-0.3, -0.25) is 14.6 Å². The number of aliphatic carboxylic acids is 1. The summed E-state index contributed by atoms with van der Waals surface area (Å²) in [6.07, 6.45) is 1.84. The Bertz CT molecular complexity index is 1020. The lowest BCUT2D eigenvalue weighted by Gasteiger charge is -2.39. The number of aryl methyl sites for hydroxylation is 1. The maximum atomic E-state index is 12.8. The van der Waals surface area contributed by atoms with Crippen molar-refractivity contribution in [3.05, 3.63) is 52.0 Å². The molecular weight excluding hydrogens is 471 g/mol. The van der Waals surface area contributed by atoms with E-state index in [1.165, 1.54) is 11.3 Å². The molecule has 0 aromatic carbocycles. The van der Waals surface area contributed by atoms with Crippen molar-refractivity contribution < 1.29 is 32.7 Å². The van der Waals surface area contributed by atoms with Crippen LogP contribution in [0.15, 0.2) is 36.0 Å². The summed E-state index contributed by atoms with van der Waals surface area (Å²) in [5, 5.41) is 9.11. The number of alkyl halides is 3. The van der Waals surface area contributed by atoms with Crippen molar-refractivity contribution in [2.24, 2.45) is 5.41 Å². The summed E-state index contributed by atoms with van der Waals surface area (Å²) >= 11 is 1.54. The summed E-state index contributed by atoms with van der Waals surface area (Å²) in [7, 11) is 0. The average Bonchev–Trinajstić information content (AvgIpc) is 3.41. The highest BCUT2D eigenvalue weighted by atomic mass is 32.1. The standard InChI is InChI=1S/C21H25N3O2S.C2HF3O2/c1-16-4-12-27-19(16)20(26)24-11-7-21(15-24)5-9-23(10-6-21)18(25)13-17-3-2-8-22-14-17;3-2(4,5)1(6)7/h2-4,8,12,14H,5-7,9-11,13,15H2,1H3;(H,6,7). The van der Waals surface area contributed by atoms with Crippen molar-refractivity contribution in [1.82, 2.24) is 14.8 Å². The second-order valence-corrected chi connectivity index (χ2v) is 9.55. The Morgan fingerprint density at radius 1 is 1.12 bits per heavy atom. The van der Waals surface area contributed by atoms with Crippen LogP contribution in [-0.4, -0.2) is 70.0 Å². The van der Waals surface area contributed by atoms with E-state index < -0.39 is 12.1 Å². The predicted molar refractivity (Wildman–Crippen MR) is 119 cm³/mol. The lowest BCUT2D eigenvalue weighted by molar-refractivity contribution is -0.192. The molecular formula is C23H26F3N3O4S. The van der Waals surface area contributed by atoms with Gasteiger partial charge >= 0.3 is 12.1 Å². The number of carboxylic acids is 1. The van der Waals surface area contributed by atoms with Crippen LogP contribution < -0.4 is 0 Å². The third kappa shape index (κ3) is 6.34. The van der Waals surface area contributed by atoms with Gasteiger partial charge in [0.15, 0.2) is 0 Å². The molecule has 0 unspecified atom stereocenters. The van der Waals surface area contributed by atoms with Crippen LogP contribution in [0.3, 0.4) is 0 Å². The fourth-order valence-electron chi connectivity index (χ4n) is 4.27. The first kappa shape index (κ1) is 25.7. The van der Waals surface area contributed by atoms with E-state index in [1.54, 1.807) is 12.4 Å². The van der Waals surface area contributed by atoms with Gasteiger partial charge in [0.2, 0.25) is 5.91 Å². The molecule has 184 valence electrons. The highest BCUT2D eigenvalue weighted by Gasteiger charge is 2.43. The number of aromatic nitrogens is 1. The van der Waals surface area contributed by atoms with Crippen molar-refractivity contribution in [3.8, 4) is 0 Å². The van der Waals surface area contributed by atoms with Crippen LogP contribution >= 0.6 is 11.3 Å². The minimum absolute atomic E-state index is 0.175. The minimum atomic E-state index is -5.08. The number of carbonyl (C=O) groups excluding carboxylic acids is 2. The molecule has 2 saturated heterocycles. The predicted octanol–water partition coefficient (Wildman–Crippen LogP) is 3.78. The smallest absolute Gasteiger partial charge is 0.475 e. The van der Waals surface area contributed by atoms with E-state index in [-0.39, 0.29) is 17.2 Å². The Hall–Kier alpha value is -2.95. The number of rotatable bonds is 3. The molecule has 4 rings (SSSR count). The first-order chi connectivity index (χ1) is 16.0. The van der Waals surface area contributed by atoms with Crippen LogP contribution in [-0.2, 0) is 16.0 Å². The molecule has 2 aliphatic heterocycles. The Morgan fingerprint density at radius 2 is 1.74 bits per heavy atom. The molecule has 4 heterocycles. The van der Waals surface area contributed by atoms with Crippen LogP contribution in [0.2, 0.25) is 0 Å². The fourth-order valence-corrected chi connectivity index (χ4v) is 5.16. The summed E-state index contributed by atoms with van der Waals surface area (Å²) in [6, 6.07) is 5.83. The van der Waals surface area contributed by atoms with Gasteiger partial charge in [0, 0.05) is 38.6 Å². The van der Waals surface area contributed by atoms with E-state index in [2.05, 4.69) is 4.98 Å². The molecule has 2 aliphatic rings. The molecule has 2 fully saturated rings. The number of piperidine rings is 1. The van der Waals surface area contributed by atoms with Crippen molar-refractivity contribution in [2.45, 2.75) is 38.8 Å². The van der Waals surface area contributed by atoms with E-state index in [0.29, 0.717) is 6.42 Å². The number of carbonyl (C=O) groups is 3. The number of thiophene rings is 1. The molecule has 0 bridgehead atoms. The molecule has 0 radical (unpaired) electrons. The molecule has 1 spiro atoms. The zero-order valence-corrected chi connectivity index (χ0v) is 19.5. The van der Waals surface area contributed by atoms with Crippen molar-refractivity contribution in [2.75, 3.05) is 26.2 Å². The highest BCUT2D eigenvalue weighted by Crippen LogP contribution is 2.41. The molecule has 2 aromatic rings. The molecule has 34 heavy (non-hydrogen) atoms. The molecule has 0 aliphatic carbocycles. The molecule has 1 N–H and O–H groups in total. The summed E-state index contributed by atoms with van der Waals surface area (Å²) in [5.41, 5.74) is 2.22. The lowest BCUT2D eigenvalue weighted by Crippen LogP contribution is -2.45. The number of halogens is 3. The summed E-state index contributed by atoms with van der Waals surface area (Å²) in [5.74, 6) is -2.40. The second-order valence-electron chi connectivity index (χ2n) is 8.63. The van der Waals surface area contributed by atoms with Gasteiger partial charge in [-0.2, -0.15) is 13.2 Å². The van der Waals surface area contributed by atoms with Gasteiger partial charge in [-0.1, -0.05) is 6.07 Å². The zero-order valence-electron chi connectivity index (χ0n) is 18.7. The quantitative estimate of drug-likeness (QED) is 0.697. The van der Waals surface area contributed by atoms with Crippen molar-refractivity contribution >= 4 is 29.1 Å². The van der Waals surface area contributed by atoms with Gasteiger partial charge in [-0.05, 0) is 60.2 Å². The van der Waals surface area contributed by atoms with Crippen LogP contribution in [0.25, 0.3) is 0 Å². The normalized spacial score (nSPS) is 17.3. The average molecular weight is 498 g/mol. The zero-order chi connectivity index (χ0) is 24.9. The topological polar surface area (TPSA) is 90.8 Å². The Labute approximate surface area is 199 Å². The molecule has 0 atom stereocenters.